The predicted molar refractivity (Wildman–Crippen MR) is 80.1 cm³/mol. The van der Waals surface area contributed by atoms with E-state index in [1.807, 2.05) is 0 Å². The second-order valence-corrected chi connectivity index (χ2v) is 8.72. The number of fused-ring (bicyclic) bond motifs is 5. The Morgan fingerprint density at radius 3 is 2.75 bits per heavy atom. The lowest BCUT2D eigenvalue weighted by atomic mass is 9.47. The van der Waals surface area contributed by atoms with Crippen LogP contribution in [0.25, 0.3) is 0 Å². The van der Waals surface area contributed by atoms with E-state index in [0.717, 1.165) is 30.7 Å². The molecule has 0 aromatic heterocycles. The molecule has 20 heavy (non-hydrogen) atoms. The number of amides is 1. The smallest absolute Gasteiger partial charge is 0.220 e. The third-order valence-electron chi connectivity index (χ3n) is 7.94. The van der Waals surface area contributed by atoms with E-state index in [1.165, 1.54) is 44.9 Å². The number of piperidine rings is 1. The third kappa shape index (κ3) is 1.66. The van der Waals surface area contributed by atoms with Crippen LogP contribution in [0.1, 0.15) is 65.2 Å². The highest BCUT2D eigenvalue weighted by molar-refractivity contribution is 5.77. The van der Waals surface area contributed by atoms with Gasteiger partial charge in [0.1, 0.15) is 0 Å². The molecule has 0 aromatic rings. The van der Waals surface area contributed by atoms with Gasteiger partial charge in [0.2, 0.25) is 5.91 Å². The van der Waals surface area contributed by atoms with E-state index >= 15 is 0 Å². The van der Waals surface area contributed by atoms with Gasteiger partial charge in [0, 0.05) is 13.0 Å². The van der Waals surface area contributed by atoms with Gasteiger partial charge in [0.25, 0.3) is 0 Å². The van der Waals surface area contributed by atoms with Crippen molar-refractivity contribution in [1.82, 2.24) is 5.32 Å². The number of nitrogens with one attached hydrogen (secondary N) is 1. The van der Waals surface area contributed by atoms with Gasteiger partial charge in [0.05, 0.1) is 0 Å². The van der Waals surface area contributed by atoms with E-state index in [-0.39, 0.29) is 0 Å². The quantitative estimate of drug-likeness (QED) is 0.716. The van der Waals surface area contributed by atoms with Crippen molar-refractivity contribution in [3.05, 3.63) is 0 Å². The van der Waals surface area contributed by atoms with E-state index in [2.05, 4.69) is 19.2 Å². The van der Waals surface area contributed by atoms with Crippen molar-refractivity contribution < 1.29 is 4.79 Å². The largest absolute Gasteiger partial charge is 0.356 e. The summed E-state index contributed by atoms with van der Waals surface area (Å²) in [6, 6.07) is 0. The fourth-order valence-electron chi connectivity index (χ4n) is 6.72. The van der Waals surface area contributed by atoms with Crippen molar-refractivity contribution >= 4 is 5.91 Å². The molecule has 1 heterocycles. The highest BCUT2D eigenvalue weighted by atomic mass is 16.1. The van der Waals surface area contributed by atoms with Crippen LogP contribution in [0.3, 0.4) is 0 Å². The summed E-state index contributed by atoms with van der Waals surface area (Å²) in [6.45, 7) is 6.00. The lowest BCUT2D eigenvalue weighted by Gasteiger charge is -2.59. The molecule has 3 aliphatic carbocycles. The summed E-state index contributed by atoms with van der Waals surface area (Å²) in [5, 5.41) is 3.19. The van der Waals surface area contributed by atoms with E-state index in [1.54, 1.807) is 0 Å². The molecule has 1 aliphatic heterocycles. The number of carbonyl (C=O) groups excluding carboxylic acids is 1. The Bertz CT molecular complexity index is 433. The molecular weight excluding hydrogens is 246 g/mol. The minimum absolute atomic E-state index is 0.299. The van der Waals surface area contributed by atoms with Crippen LogP contribution in [-0.4, -0.2) is 12.5 Å². The normalized spacial score (nSPS) is 54.6. The first-order valence-corrected chi connectivity index (χ1v) is 8.80. The second kappa shape index (κ2) is 4.24. The van der Waals surface area contributed by atoms with Gasteiger partial charge >= 0.3 is 0 Å². The number of hydrogen-bond donors (Lipinski definition) is 1. The molecule has 4 fully saturated rings. The van der Waals surface area contributed by atoms with E-state index in [9.17, 15) is 4.79 Å². The molecule has 1 amide bonds. The molecule has 1 saturated heterocycles. The second-order valence-electron chi connectivity index (χ2n) is 8.72. The molecule has 0 aromatic carbocycles. The number of carbonyl (C=O) groups is 1. The summed E-state index contributed by atoms with van der Waals surface area (Å²) < 4.78 is 0. The summed E-state index contributed by atoms with van der Waals surface area (Å²) in [4.78, 5) is 11.7. The molecule has 1 N–H and O–H groups in total. The maximum absolute atomic E-state index is 11.7. The summed E-state index contributed by atoms with van der Waals surface area (Å²) in [5.74, 6) is 3.76. The van der Waals surface area contributed by atoms with Crippen LogP contribution in [0.4, 0.5) is 0 Å². The van der Waals surface area contributed by atoms with Gasteiger partial charge in [-0.2, -0.15) is 0 Å². The summed E-state index contributed by atoms with van der Waals surface area (Å²) in [7, 11) is 0. The lowest BCUT2D eigenvalue weighted by Crippen LogP contribution is -2.58. The van der Waals surface area contributed by atoms with E-state index in [4.69, 9.17) is 0 Å². The molecule has 2 heteroatoms. The van der Waals surface area contributed by atoms with Crippen LogP contribution in [0.15, 0.2) is 0 Å². The zero-order chi connectivity index (χ0) is 14.0. The fourth-order valence-corrected chi connectivity index (χ4v) is 6.72. The minimum Gasteiger partial charge on any atom is -0.356 e. The Morgan fingerprint density at radius 1 is 1.05 bits per heavy atom. The molecule has 112 valence electrons. The maximum atomic E-state index is 11.7. The van der Waals surface area contributed by atoms with Crippen molar-refractivity contribution in [2.24, 2.45) is 34.5 Å². The highest BCUT2D eigenvalue weighted by Crippen LogP contribution is 2.64. The molecule has 0 bridgehead atoms. The van der Waals surface area contributed by atoms with Crippen molar-refractivity contribution in [2.45, 2.75) is 65.2 Å². The van der Waals surface area contributed by atoms with Gasteiger partial charge in [-0.15, -0.1) is 0 Å². The van der Waals surface area contributed by atoms with Crippen LogP contribution in [0.2, 0.25) is 0 Å². The minimum atomic E-state index is 0.299. The lowest BCUT2D eigenvalue weighted by molar-refractivity contribution is -0.138. The van der Waals surface area contributed by atoms with Crippen LogP contribution in [0.5, 0.6) is 0 Å². The molecule has 2 nitrogen and oxygen atoms in total. The van der Waals surface area contributed by atoms with Crippen molar-refractivity contribution in [2.75, 3.05) is 6.54 Å². The Morgan fingerprint density at radius 2 is 1.90 bits per heavy atom. The van der Waals surface area contributed by atoms with Gasteiger partial charge in [-0.25, -0.2) is 0 Å². The molecular formula is C18H29NO. The molecule has 0 unspecified atom stereocenters. The third-order valence-corrected chi connectivity index (χ3v) is 7.94. The molecule has 0 radical (unpaired) electrons. The monoisotopic (exact) mass is 275 g/mol. The molecule has 4 rings (SSSR count). The van der Waals surface area contributed by atoms with Gasteiger partial charge < -0.3 is 5.32 Å². The van der Waals surface area contributed by atoms with Gasteiger partial charge in [-0.1, -0.05) is 20.3 Å². The SMILES string of the molecule is C[C@@]12CCC[C@H]1[C@@H]1CC[C@H]3CC(=O)NC[C@]3(C)[C@H]1CC2. The Kier molecular flexibility index (Phi) is 2.79. The number of rotatable bonds is 0. The topological polar surface area (TPSA) is 29.1 Å². The first-order valence-electron chi connectivity index (χ1n) is 8.80. The standard InChI is InChI=1S/C18H29NO/c1-17-8-3-4-14(17)13-6-5-12-10-16(20)19-11-18(12,2)15(13)7-9-17/h12-15H,3-11H2,1-2H3,(H,19,20)/t12-,13-,14-,15-,17-,18-/m0/s1. The molecule has 3 saturated carbocycles. The Labute approximate surface area is 123 Å². The average Bonchev–Trinajstić information content (AvgIpc) is 2.81. The molecule has 6 atom stereocenters. The summed E-state index contributed by atoms with van der Waals surface area (Å²) >= 11 is 0. The summed E-state index contributed by atoms with van der Waals surface area (Å²) in [6.07, 6.45) is 10.8. The van der Waals surface area contributed by atoms with E-state index in [0.29, 0.717) is 22.7 Å². The van der Waals surface area contributed by atoms with Crippen molar-refractivity contribution in [3.63, 3.8) is 0 Å². The predicted octanol–water partition coefficient (Wildman–Crippen LogP) is 3.76. The first kappa shape index (κ1) is 13.2. The van der Waals surface area contributed by atoms with Gasteiger partial charge in [0.15, 0.2) is 0 Å². The van der Waals surface area contributed by atoms with Crippen LogP contribution in [-0.2, 0) is 4.79 Å². The Balaban J connectivity index is 1.64. The fraction of sp³-hybridized carbons (Fsp3) is 0.944. The zero-order valence-electron chi connectivity index (χ0n) is 13.1. The van der Waals surface area contributed by atoms with E-state index < -0.39 is 0 Å². The summed E-state index contributed by atoms with van der Waals surface area (Å²) in [5.41, 5.74) is 1.04. The van der Waals surface area contributed by atoms with Crippen LogP contribution in [0, 0.1) is 34.5 Å². The van der Waals surface area contributed by atoms with Crippen molar-refractivity contribution in [3.8, 4) is 0 Å². The highest BCUT2D eigenvalue weighted by Gasteiger charge is 2.57. The number of hydrogen-bond acceptors (Lipinski definition) is 1. The van der Waals surface area contributed by atoms with Gasteiger partial charge in [-0.3, -0.25) is 4.79 Å². The maximum Gasteiger partial charge on any atom is 0.220 e. The van der Waals surface area contributed by atoms with Crippen LogP contribution < -0.4 is 5.32 Å². The van der Waals surface area contributed by atoms with Crippen molar-refractivity contribution in [1.29, 1.82) is 0 Å². The van der Waals surface area contributed by atoms with Crippen LogP contribution >= 0.6 is 0 Å². The Hall–Kier alpha value is -0.530. The first-order chi connectivity index (χ1) is 9.53. The zero-order valence-corrected chi connectivity index (χ0v) is 13.1. The molecule has 4 aliphatic rings. The average molecular weight is 275 g/mol. The van der Waals surface area contributed by atoms with Gasteiger partial charge in [-0.05, 0) is 73.0 Å². The molecule has 0 spiro atoms.